The first kappa shape index (κ1) is 28.4. The maximum Gasteiger partial charge on any atom is 0.327 e. The first-order chi connectivity index (χ1) is 14.1. The highest BCUT2D eigenvalue weighted by atomic mass is 32.2. The van der Waals surface area contributed by atoms with E-state index in [1.807, 2.05) is 6.26 Å². The van der Waals surface area contributed by atoms with Crippen molar-refractivity contribution in [3.05, 3.63) is 0 Å². The summed E-state index contributed by atoms with van der Waals surface area (Å²) in [6.45, 7) is 0. The van der Waals surface area contributed by atoms with Crippen molar-refractivity contribution >= 4 is 66.7 Å². The number of aliphatic carboxylic acids is 2. The van der Waals surface area contributed by atoms with Crippen molar-refractivity contribution in [2.45, 2.75) is 43.4 Å². The van der Waals surface area contributed by atoms with Gasteiger partial charge in [0, 0.05) is 17.9 Å². The second kappa shape index (κ2) is 15.2. The lowest BCUT2D eigenvalue weighted by Crippen LogP contribution is -2.57. The molecular formula is C16H28N4O7S3. The minimum Gasteiger partial charge on any atom is -0.481 e. The Bertz CT molecular complexity index is 624. The third-order valence-corrected chi connectivity index (χ3v) is 5.26. The number of carboxylic acid groups (broad SMARTS) is 2. The maximum absolute atomic E-state index is 12.7. The molecule has 0 fully saturated rings. The minimum atomic E-state index is -1.33. The van der Waals surface area contributed by atoms with Crippen molar-refractivity contribution in [3.63, 3.8) is 0 Å². The van der Waals surface area contributed by atoms with E-state index in [4.69, 9.17) is 15.9 Å². The SMILES string of the molecule is CSCCC(NC(=O)C(N)CS)C(=O)NC(CCC(=O)O)C(=O)NC(CS)C(=O)O. The van der Waals surface area contributed by atoms with Crippen LogP contribution in [0.25, 0.3) is 0 Å². The number of carbonyl (C=O) groups is 5. The molecule has 3 amide bonds. The fraction of sp³-hybridized carbons (Fsp3) is 0.688. The second-order valence-corrected chi connectivity index (χ2v) is 7.92. The van der Waals surface area contributed by atoms with Gasteiger partial charge in [-0.2, -0.15) is 37.0 Å². The number of carboxylic acids is 2. The molecular weight excluding hydrogens is 456 g/mol. The monoisotopic (exact) mass is 484 g/mol. The van der Waals surface area contributed by atoms with Crippen LogP contribution in [0.4, 0.5) is 0 Å². The summed E-state index contributed by atoms with van der Waals surface area (Å²) < 4.78 is 0. The fourth-order valence-electron chi connectivity index (χ4n) is 2.13. The highest BCUT2D eigenvalue weighted by molar-refractivity contribution is 7.98. The van der Waals surface area contributed by atoms with Gasteiger partial charge in [-0.05, 0) is 24.9 Å². The van der Waals surface area contributed by atoms with Crippen molar-refractivity contribution in [1.29, 1.82) is 0 Å². The Kier molecular flexibility index (Phi) is 14.4. The van der Waals surface area contributed by atoms with E-state index >= 15 is 0 Å². The van der Waals surface area contributed by atoms with Gasteiger partial charge in [0.15, 0.2) is 0 Å². The van der Waals surface area contributed by atoms with Crippen molar-refractivity contribution in [2.75, 3.05) is 23.5 Å². The Morgan fingerprint density at radius 3 is 1.80 bits per heavy atom. The molecule has 0 saturated heterocycles. The molecule has 4 atom stereocenters. The first-order valence-electron chi connectivity index (χ1n) is 8.89. The standard InChI is InChI=1S/C16H28N4O7S3/c1-30-5-4-10(18-13(23)8(17)6-28)15(25)19-9(2-3-12(21)22)14(24)20-11(7-29)16(26)27/h8-11,28-29H,2-7,17H2,1H3,(H,18,23)(H,19,25)(H,20,24)(H,21,22)(H,26,27). The molecule has 0 bridgehead atoms. The Labute approximate surface area is 189 Å². The lowest BCUT2D eigenvalue weighted by Gasteiger charge is -2.24. The van der Waals surface area contributed by atoms with Gasteiger partial charge in [-0.3, -0.25) is 19.2 Å². The van der Waals surface area contributed by atoms with Crippen LogP contribution < -0.4 is 21.7 Å². The molecule has 30 heavy (non-hydrogen) atoms. The van der Waals surface area contributed by atoms with Gasteiger partial charge in [-0.15, -0.1) is 0 Å². The minimum absolute atomic E-state index is 0.0622. The van der Waals surface area contributed by atoms with Crippen LogP contribution >= 0.6 is 37.0 Å². The number of thioether (sulfide) groups is 1. The van der Waals surface area contributed by atoms with Crippen LogP contribution in [-0.4, -0.2) is 87.6 Å². The van der Waals surface area contributed by atoms with Crippen LogP contribution in [0.15, 0.2) is 0 Å². The molecule has 7 N–H and O–H groups in total. The molecule has 0 aliphatic heterocycles. The molecule has 0 aromatic heterocycles. The summed E-state index contributed by atoms with van der Waals surface area (Å²) in [6, 6.07) is -4.58. The Balaban J connectivity index is 5.38. The number of nitrogens with two attached hydrogens (primary N) is 1. The Morgan fingerprint density at radius 1 is 0.867 bits per heavy atom. The molecule has 0 saturated carbocycles. The molecule has 14 heteroatoms. The lowest BCUT2D eigenvalue weighted by molar-refractivity contribution is -0.142. The van der Waals surface area contributed by atoms with Gasteiger partial charge in [0.1, 0.15) is 18.1 Å². The summed E-state index contributed by atoms with van der Waals surface area (Å²) in [4.78, 5) is 59.2. The van der Waals surface area contributed by atoms with Crippen molar-refractivity contribution < 1.29 is 34.2 Å². The average Bonchev–Trinajstić information content (AvgIpc) is 2.70. The molecule has 0 heterocycles. The van der Waals surface area contributed by atoms with E-state index in [1.165, 1.54) is 11.8 Å². The van der Waals surface area contributed by atoms with E-state index in [9.17, 15) is 24.0 Å². The van der Waals surface area contributed by atoms with Gasteiger partial charge >= 0.3 is 11.9 Å². The highest BCUT2D eigenvalue weighted by Crippen LogP contribution is 2.05. The number of hydrogen-bond donors (Lipinski definition) is 8. The summed E-state index contributed by atoms with van der Waals surface area (Å²) in [5.74, 6) is -4.33. The van der Waals surface area contributed by atoms with Crippen LogP contribution in [0.5, 0.6) is 0 Å². The van der Waals surface area contributed by atoms with Gasteiger partial charge in [0.2, 0.25) is 17.7 Å². The molecule has 0 aliphatic rings. The Hall–Kier alpha value is -1.64. The molecule has 172 valence electrons. The van der Waals surface area contributed by atoms with Crippen LogP contribution in [0, 0.1) is 0 Å². The topological polar surface area (TPSA) is 188 Å². The fourth-order valence-corrected chi connectivity index (χ4v) is 3.02. The summed E-state index contributed by atoms with van der Waals surface area (Å²) in [5, 5.41) is 25.0. The molecule has 11 nitrogen and oxygen atoms in total. The van der Waals surface area contributed by atoms with Gasteiger partial charge in [0.25, 0.3) is 0 Å². The number of hydrogen-bond acceptors (Lipinski definition) is 9. The van der Waals surface area contributed by atoms with Gasteiger partial charge < -0.3 is 31.9 Å². The number of rotatable bonds is 15. The summed E-state index contributed by atoms with van der Waals surface area (Å²) >= 11 is 9.21. The molecule has 0 aliphatic carbocycles. The van der Waals surface area contributed by atoms with Crippen LogP contribution in [0.2, 0.25) is 0 Å². The quantitative estimate of drug-likeness (QED) is 0.126. The Morgan fingerprint density at radius 2 is 1.37 bits per heavy atom. The van der Waals surface area contributed by atoms with E-state index in [2.05, 4.69) is 41.2 Å². The van der Waals surface area contributed by atoms with Crippen LogP contribution in [0.1, 0.15) is 19.3 Å². The molecule has 0 aromatic carbocycles. The molecule has 0 radical (unpaired) electrons. The lowest BCUT2D eigenvalue weighted by atomic mass is 10.1. The van der Waals surface area contributed by atoms with Gasteiger partial charge in [0.05, 0.1) is 6.04 Å². The van der Waals surface area contributed by atoms with Crippen molar-refractivity contribution in [1.82, 2.24) is 16.0 Å². The third-order valence-electron chi connectivity index (χ3n) is 3.85. The summed E-state index contributed by atoms with van der Waals surface area (Å²) in [7, 11) is 0. The zero-order chi connectivity index (χ0) is 23.3. The smallest absolute Gasteiger partial charge is 0.327 e. The molecule has 0 rings (SSSR count). The van der Waals surface area contributed by atoms with E-state index in [1.54, 1.807) is 0 Å². The molecule has 0 aromatic rings. The highest BCUT2D eigenvalue weighted by Gasteiger charge is 2.30. The maximum atomic E-state index is 12.7. The molecule has 4 unspecified atom stereocenters. The summed E-state index contributed by atoms with van der Waals surface area (Å²) in [5.41, 5.74) is 5.60. The van der Waals surface area contributed by atoms with E-state index in [-0.39, 0.29) is 24.3 Å². The number of carbonyl (C=O) groups excluding carboxylic acids is 3. The number of amides is 3. The molecule has 0 spiro atoms. The predicted molar refractivity (Wildman–Crippen MR) is 119 cm³/mol. The number of nitrogens with one attached hydrogen (secondary N) is 3. The first-order valence-corrected chi connectivity index (χ1v) is 11.5. The average molecular weight is 485 g/mol. The van der Waals surface area contributed by atoms with Gasteiger partial charge in [-0.25, -0.2) is 4.79 Å². The zero-order valence-electron chi connectivity index (χ0n) is 16.4. The van der Waals surface area contributed by atoms with Crippen molar-refractivity contribution in [2.24, 2.45) is 5.73 Å². The zero-order valence-corrected chi connectivity index (χ0v) is 19.0. The third kappa shape index (κ3) is 10.9. The van der Waals surface area contributed by atoms with E-state index in [0.29, 0.717) is 5.75 Å². The summed E-state index contributed by atoms with van der Waals surface area (Å²) in [6.07, 6.45) is 1.33. The van der Waals surface area contributed by atoms with Crippen molar-refractivity contribution in [3.8, 4) is 0 Å². The number of thiol groups is 2. The predicted octanol–water partition coefficient (Wildman–Crippen LogP) is -1.67. The van der Waals surface area contributed by atoms with E-state index in [0.717, 1.165) is 0 Å². The largest absolute Gasteiger partial charge is 0.481 e. The normalized spacial score (nSPS) is 14.7. The second-order valence-electron chi connectivity index (χ2n) is 6.21. The van der Waals surface area contributed by atoms with E-state index < -0.39 is 60.2 Å². The van der Waals surface area contributed by atoms with Gasteiger partial charge in [-0.1, -0.05) is 0 Å². The van der Waals surface area contributed by atoms with Crippen LogP contribution in [0.3, 0.4) is 0 Å². The van der Waals surface area contributed by atoms with Crippen LogP contribution in [-0.2, 0) is 24.0 Å².